The number of aromatic nitrogens is 1. The molecule has 0 spiro atoms. The molecule has 1 aromatic rings. The third-order valence-electron chi connectivity index (χ3n) is 3.95. The van der Waals surface area contributed by atoms with E-state index in [1.165, 1.54) is 43.0 Å². The van der Waals surface area contributed by atoms with Gasteiger partial charge in [-0.15, -0.1) is 23.7 Å². The summed E-state index contributed by atoms with van der Waals surface area (Å²) in [6.45, 7) is 6.97. The first-order valence-corrected chi connectivity index (χ1v) is 7.05. The van der Waals surface area contributed by atoms with Crippen molar-refractivity contribution in [2.45, 2.75) is 32.4 Å². The monoisotopic (exact) mass is 273 g/mol. The molecule has 1 N–H and O–H groups in total. The first-order valence-electron chi connectivity index (χ1n) is 6.17. The van der Waals surface area contributed by atoms with Crippen LogP contribution in [0.1, 0.15) is 23.4 Å². The number of hydrogen-bond donors (Lipinski definition) is 1. The molecule has 0 aliphatic carbocycles. The Balaban J connectivity index is 0.00000108. The summed E-state index contributed by atoms with van der Waals surface area (Å²) in [7, 11) is 0. The number of fused-ring (bicyclic) bond motifs is 1. The molecule has 0 aromatic carbocycles. The van der Waals surface area contributed by atoms with Crippen LogP contribution in [-0.4, -0.2) is 35.6 Å². The molecule has 2 fully saturated rings. The number of likely N-dealkylation sites (tertiary alicyclic amines) is 1. The van der Waals surface area contributed by atoms with Gasteiger partial charge < -0.3 is 5.32 Å². The molecule has 17 heavy (non-hydrogen) atoms. The van der Waals surface area contributed by atoms with Crippen molar-refractivity contribution < 1.29 is 0 Å². The highest BCUT2D eigenvalue weighted by Gasteiger charge is 2.32. The molecule has 2 unspecified atom stereocenters. The fraction of sp³-hybridized carbons (Fsp3) is 0.750. The second-order valence-electron chi connectivity index (χ2n) is 4.99. The van der Waals surface area contributed by atoms with E-state index in [9.17, 15) is 0 Å². The molecule has 2 atom stereocenters. The Morgan fingerprint density at radius 1 is 1.53 bits per heavy atom. The third-order valence-corrected chi connectivity index (χ3v) is 4.87. The highest BCUT2D eigenvalue weighted by atomic mass is 35.5. The SMILES string of the molecule is Cc1ncsc1CN1CCC2NCCC2C1.Cl. The average molecular weight is 274 g/mol. The number of nitrogens with zero attached hydrogens (tertiary/aromatic N) is 2. The highest BCUT2D eigenvalue weighted by Crippen LogP contribution is 2.26. The molecule has 2 aliphatic rings. The number of thiazole rings is 1. The molecule has 0 amide bonds. The number of nitrogens with one attached hydrogen (secondary N) is 1. The van der Waals surface area contributed by atoms with Gasteiger partial charge in [0.15, 0.2) is 0 Å². The Labute approximate surface area is 113 Å². The fourth-order valence-electron chi connectivity index (χ4n) is 2.95. The third kappa shape index (κ3) is 2.81. The Kier molecular flexibility index (Phi) is 4.42. The lowest BCUT2D eigenvalue weighted by Gasteiger charge is -2.34. The fourth-order valence-corrected chi connectivity index (χ4v) is 3.77. The number of halogens is 1. The minimum Gasteiger partial charge on any atom is -0.314 e. The van der Waals surface area contributed by atoms with Crippen molar-refractivity contribution in [2.75, 3.05) is 19.6 Å². The van der Waals surface area contributed by atoms with Crippen molar-refractivity contribution in [3.63, 3.8) is 0 Å². The summed E-state index contributed by atoms with van der Waals surface area (Å²) < 4.78 is 0. The van der Waals surface area contributed by atoms with E-state index in [1.54, 1.807) is 11.3 Å². The number of hydrogen-bond acceptors (Lipinski definition) is 4. The van der Waals surface area contributed by atoms with Gasteiger partial charge in [-0.3, -0.25) is 4.90 Å². The van der Waals surface area contributed by atoms with Crippen LogP contribution in [0.25, 0.3) is 0 Å². The van der Waals surface area contributed by atoms with Gasteiger partial charge in [-0.1, -0.05) is 0 Å². The summed E-state index contributed by atoms with van der Waals surface area (Å²) in [5.41, 5.74) is 3.19. The Morgan fingerprint density at radius 2 is 2.41 bits per heavy atom. The first-order chi connectivity index (χ1) is 7.83. The normalized spacial score (nSPS) is 28.8. The predicted octanol–water partition coefficient (Wildman–Crippen LogP) is 2.06. The second-order valence-corrected chi connectivity index (χ2v) is 5.93. The van der Waals surface area contributed by atoms with Gasteiger partial charge in [-0.05, 0) is 32.2 Å². The molecular weight excluding hydrogens is 254 g/mol. The lowest BCUT2D eigenvalue weighted by Crippen LogP contribution is -2.43. The van der Waals surface area contributed by atoms with Gasteiger partial charge in [0.05, 0.1) is 11.2 Å². The lowest BCUT2D eigenvalue weighted by atomic mass is 9.93. The van der Waals surface area contributed by atoms with E-state index < -0.39 is 0 Å². The van der Waals surface area contributed by atoms with E-state index >= 15 is 0 Å². The van der Waals surface area contributed by atoms with Crippen molar-refractivity contribution in [1.29, 1.82) is 0 Å². The molecule has 96 valence electrons. The summed E-state index contributed by atoms with van der Waals surface area (Å²) in [6, 6.07) is 0.804. The maximum absolute atomic E-state index is 4.33. The lowest BCUT2D eigenvalue weighted by molar-refractivity contribution is 0.157. The quantitative estimate of drug-likeness (QED) is 0.894. The first kappa shape index (κ1) is 13.3. The van der Waals surface area contributed by atoms with Crippen molar-refractivity contribution in [2.24, 2.45) is 5.92 Å². The minimum absolute atomic E-state index is 0. The summed E-state index contributed by atoms with van der Waals surface area (Å²) in [5, 5.41) is 3.61. The maximum atomic E-state index is 4.33. The number of piperidine rings is 1. The zero-order valence-electron chi connectivity index (χ0n) is 10.2. The van der Waals surface area contributed by atoms with Crippen LogP contribution in [0.2, 0.25) is 0 Å². The van der Waals surface area contributed by atoms with Crippen LogP contribution < -0.4 is 5.32 Å². The maximum Gasteiger partial charge on any atom is 0.0798 e. The summed E-state index contributed by atoms with van der Waals surface area (Å²) in [6.07, 6.45) is 2.69. The largest absolute Gasteiger partial charge is 0.314 e. The van der Waals surface area contributed by atoms with Gasteiger partial charge in [0.2, 0.25) is 0 Å². The van der Waals surface area contributed by atoms with Crippen LogP contribution in [0.4, 0.5) is 0 Å². The Bertz CT molecular complexity index is 368. The van der Waals surface area contributed by atoms with Crippen LogP contribution in [-0.2, 0) is 6.54 Å². The van der Waals surface area contributed by atoms with E-state index in [0.29, 0.717) is 0 Å². The Morgan fingerprint density at radius 3 is 3.18 bits per heavy atom. The van der Waals surface area contributed by atoms with Gasteiger partial charge in [0, 0.05) is 30.6 Å². The topological polar surface area (TPSA) is 28.2 Å². The molecule has 5 heteroatoms. The molecule has 0 radical (unpaired) electrons. The van der Waals surface area contributed by atoms with Gasteiger partial charge >= 0.3 is 0 Å². The van der Waals surface area contributed by atoms with Crippen LogP contribution in [0.3, 0.4) is 0 Å². The van der Waals surface area contributed by atoms with E-state index in [4.69, 9.17) is 0 Å². The minimum atomic E-state index is 0. The van der Waals surface area contributed by atoms with Gasteiger partial charge in [0.25, 0.3) is 0 Å². The average Bonchev–Trinajstić information content (AvgIpc) is 2.88. The summed E-state index contributed by atoms with van der Waals surface area (Å²) in [4.78, 5) is 8.38. The van der Waals surface area contributed by atoms with E-state index in [0.717, 1.165) is 18.5 Å². The molecular formula is C12H20ClN3S. The van der Waals surface area contributed by atoms with Crippen molar-refractivity contribution in [3.05, 3.63) is 16.1 Å². The standard InChI is InChI=1S/C12H19N3S.ClH/c1-9-12(16-8-14-9)7-15-5-3-11-10(6-15)2-4-13-11;/h8,10-11,13H,2-7H2,1H3;1H. The number of aryl methyl sites for hydroxylation is 1. The molecule has 1 aromatic heterocycles. The molecule has 0 saturated carbocycles. The Hall–Kier alpha value is -0.160. The zero-order chi connectivity index (χ0) is 11.0. The molecule has 3 rings (SSSR count). The zero-order valence-corrected chi connectivity index (χ0v) is 11.8. The summed E-state index contributed by atoms with van der Waals surface area (Å²) >= 11 is 1.80. The predicted molar refractivity (Wildman–Crippen MR) is 73.9 cm³/mol. The van der Waals surface area contributed by atoms with Gasteiger partial charge in [0.1, 0.15) is 0 Å². The summed E-state index contributed by atoms with van der Waals surface area (Å²) in [5.74, 6) is 0.891. The molecule has 2 saturated heterocycles. The van der Waals surface area contributed by atoms with Gasteiger partial charge in [-0.2, -0.15) is 0 Å². The smallest absolute Gasteiger partial charge is 0.0798 e. The van der Waals surface area contributed by atoms with E-state index in [-0.39, 0.29) is 12.4 Å². The van der Waals surface area contributed by atoms with Crippen LogP contribution in [0.15, 0.2) is 5.51 Å². The molecule has 3 nitrogen and oxygen atoms in total. The van der Waals surface area contributed by atoms with Gasteiger partial charge in [-0.25, -0.2) is 4.98 Å². The van der Waals surface area contributed by atoms with Crippen molar-refractivity contribution >= 4 is 23.7 Å². The van der Waals surface area contributed by atoms with Crippen molar-refractivity contribution in [3.8, 4) is 0 Å². The van der Waals surface area contributed by atoms with Crippen LogP contribution in [0, 0.1) is 12.8 Å². The molecule has 0 bridgehead atoms. The number of rotatable bonds is 2. The molecule has 2 aliphatic heterocycles. The van der Waals surface area contributed by atoms with Crippen LogP contribution >= 0.6 is 23.7 Å². The van der Waals surface area contributed by atoms with E-state index in [2.05, 4.69) is 22.1 Å². The molecule has 3 heterocycles. The van der Waals surface area contributed by atoms with Crippen LogP contribution in [0.5, 0.6) is 0 Å². The van der Waals surface area contributed by atoms with E-state index in [1.807, 2.05) is 5.51 Å². The van der Waals surface area contributed by atoms with Crippen molar-refractivity contribution in [1.82, 2.24) is 15.2 Å². The highest BCUT2D eigenvalue weighted by molar-refractivity contribution is 7.09. The second kappa shape index (κ2) is 5.65.